The van der Waals surface area contributed by atoms with Crippen LogP contribution in [0.3, 0.4) is 0 Å². The molecule has 0 aromatic heterocycles. The van der Waals surface area contributed by atoms with Crippen molar-refractivity contribution in [3.05, 3.63) is 0 Å². The van der Waals surface area contributed by atoms with E-state index >= 15 is 0 Å². The van der Waals surface area contributed by atoms with Crippen LogP contribution in [0.1, 0.15) is 118 Å². The molecule has 0 bridgehead atoms. The first-order valence-corrected chi connectivity index (χ1v) is 10.6. The van der Waals surface area contributed by atoms with Gasteiger partial charge in [-0.2, -0.15) is 0 Å². The second kappa shape index (κ2) is 16.0. The second-order valence-corrected chi connectivity index (χ2v) is 8.58. The number of carbonyl (C=O) groups is 1. The number of aliphatic carboxylic acids is 1. The van der Waals surface area contributed by atoms with Crippen LogP contribution < -0.4 is 0 Å². The van der Waals surface area contributed by atoms with Crippen molar-refractivity contribution in [2.45, 2.75) is 118 Å². The summed E-state index contributed by atoms with van der Waals surface area (Å²) in [5.74, 6) is 1.68. The van der Waals surface area contributed by atoms with E-state index in [1.54, 1.807) is 0 Å². The van der Waals surface area contributed by atoms with Crippen LogP contribution in [0.25, 0.3) is 0 Å². The normalized spacial score (nSPS) is 12.9. The highest BCUT2D eigenvalue weighted by Gasteiger charge is 2.11. The molecule has 0 aliphatic rings. The topological polar surface area (TPSA) is 37.3 Å². The Bertz CT molecular complexity index is 284. The van der Waals surface area contributed by atoms with Crippen LogP contribution in [0.5, 0.6) is 0 Å². The maximum Gasteiger partial charge on any atom is 0.303 e. The molecule has 0 heterocycles. The number of unbranched alkanes of at least 4 members (excludes halogenated alkanes) is 7. The zero-order chi connectivity index (χ0) is 18.2. The Morgan fingerprint density at radius 3 is 1.58 bits per heavy atom. The van der Waals surface area contributed by atoms with Gasteiger partial charge in [-0.25, -0.2) is 0 Å². The molecule has 24 heavy (non-hydrogen) atoms. The van der Waals surface area contributed by atoms with E-state index in [4.69, 9.17) is 5.11 Å². The minimum Gasteiger partial charge on any atom is -0.481 e. The molecule has 0 rings (SSSR count). The molecule has 0 radical (unpaired) electrons. The molecule has 0 aliphatic carbocycles. The molecule has 1 unspecified atom stereocenters. The summed E-state index contributed by atoms with van der Waals surface area (Å²) in [5.41, 5.74) is 0. The first-order chi connectivity index (χ1) is 11.4. The van der Waals surface area contributed by atoms with E-state index < -0.39 is 5.97 Å². The third kappa shape index (κ3) is 17.8. The highest BCUT2D eigenvalue weighted by atomic mass is 16.4. The van der Waals surface area contributed by atoms with Crippen LogP contribution in [0.15, 0.2) is 0 Å². The van der Waals surface area contributed by atoms with Gasteiger partial charge in [-0.05, 0) is 37.0 Å². The zero-order valence-electron chi connectivity index (χ0n) is 17.0. The van der Waals surface area contributed by atoms with Crippen molar-refractivity contribution in [2.75, 3.05) is 0 Å². The first-order valence-electron chi connectivity index (χ1n) is 10.6. The SMILES string of the molecule is CC(C)CCCCCCCCCCC(CCCC(=O)O)CC(C)C. The van der Waals surface area contributed by atoms with E-state index in [1.807, 2.05) is 0 Å². The summed E-state index contributed by atoms with van der Waals surface area (Å²) in [5, 5.41) is 8.79. The molecule has 0 aromatic carbocycles. The molecule has 1 N–H and O–H groups in total. The van der Waals surface area contributed by atoms with Gasteiger partial charge in [0.1, 0.15) is 0 Å². The lowest BCUT2D eigenvalue weighted by atomic mass is 9.88. The minimum absolute atomic E-state index is 0.339. The molecule has 0 aliphatic heterocycles. The summed E-state index contributed by atoms with van der Waals surface area (Å²) in [7, 11) is 0. The second-order valence-electron chi connectivity index (χ2n) is 8.58. The van der Waals surface area contributed by atoms with Crippen molar-refractivity contribution in [3.8, 4) is 0 Å². The van der Waals surface area contributed by atoms with Crippen LogP contribution in [-0.2, 0) is 4.79 Å². The van der Waals surface area contributed by atoms with Crippen LogP contribution in [0, 0.1) is 17.8 Å². The van der Waals surface area contributed by atoms with E-state index in [0.29, 0.717) is 6.42 Å². The summed E-state index contributed by atoms with van der Waals surface area (Å²) in [6, 6.07) is 0. The fraction of sp³-hybridized carbons (Fsp3) is 0.955. The van der Waals surface area contributed by atoms with Crippen LogP contribution in [0.2, 0.25) is 0 Å². The number of hydrogen-bond donors (Lipinski definition) is 1. The quantitative estimate of drug-likeness (QED) is 0.279. The fourth-order valence-corrected chi connectivity index (χ4v) is 3.63. The van der Waals surface area contributed by atoms with Gasteiger partial charge in [0, 0.05) is 6.42 Å². The molecule has 2 nitrogen and oxygen atoms in total. The van der Waals surface area contributed by atoms with Crippen molar-refractivity contribution in [2.24, 2.45) is 17.8 Å². The standard InChI is InChI=1S/C22H44O2/c1-19(2)14-11-9-7-5-6-8-10-12-15-21(18-20(3)4)16-13-17-22(23)24/h19-21H,5-18H2,1-4H3,(H,23,24). The largest absolute Gasteiger partial charge is 0.481 e. The minimum atomic E-state index is -0.647. The Labute approximate surface area is 151 Å². The number of rotatable bonds is 17. The van der Waals surface area contributed by atoms with Gasteiger partial charge in [-0.15, -0.1) is 0 Å². The van der Waals surface area contributed by atoms with Crippen LogP contribution in [0.4, 0.5) is 0 Å². The average molecular weight is 341 g/mol. The smallest absolute Gasteiger partial charge is 0.303 e. The molecule has 0 amide bonds. The molecule has 1 atom stereocenters. The summed E-state index contributed by atoms with van der Waals surface area (Å²) >= 11 is 0. The van der Waals surface area contributed by atoms with Crippen molar-refractivity contribution < 1.29 is 9.90 Å². The number of hydrogen-bond acceptors (Lipinski definition) is 1. The maximum absolute atomic E-state index is 10.7. The van der Waals surface area contributed by atoms with Gasteiger partial charge < -0.3 is 5.11 Å². The van der Waals surface area contributed by atoms with E-state index in [9.17, 15) is 4.79 Å². The molecule has 0 fully saturated rings. The highest BCUT2D eigenvalue weighted by Crippen LogP contribution is 2.24. The van der Waals surface area contributed by atoms with Crippen LogP contribution >= 0.6 is 0 Å². The van der Waals surface area contributed by atoms with Crippen molar-refractivity contribution in [3.63, 3.8) is 0 Å². The van der Waals surface area contributed by atoms with Gasteiger partial charge in [0.2, 0.25) is 0 Å². The summed E-state index contributed by atoms with van der Waals surface area (Å²) in [6.45, 7) is 9.19. The lowest BCUT2D eigenvalue weighted by Crippen LogP contribution is -2.06. The molecular weight excluding hydrogens is 296 g/mol. The monoisotopic (exact) mass is 340 g/mol. The molecule has 0 spiro atoms. The number of carboxylic acid groups (broad SMARTS) is 1. The predicted octanol–water partition coefficient (Wildman–Crippen LogP) is 7.46. The van der Waals surface area contributed by atoms with Gasteiger partial charge >= 0.3 is 5.97 Å². The zero-order valence-corrected chi connectivity index (χ0v) is 17.0. The number of carboxylic acids is 1. The molecule has 2 heteroatoms. The Kier molecular flexibility index (Phi) is 15.6. The summed E-state index contributed by atoms with van der Waals surface area (Å²) in [4.78, 5) is 10.7. The molecular formula is C22H44O2. The molecule has 0 aromatic rings. The Morgan fingerprint density at radius 2 is 1.12 bits per heavy atom. The molecule has 0 saturated carbocycles. The van der Waals surface area contributed by atoms with Crippen molar-refractivity contribution >= 4 is 5.97 Å². The molecule has 144 valence electrons. The van der Waals surface area contributed by atoms with Gasteiger partial charge in [0.15, 0.2) is 0 Å². The van der Waals surface area contributed by atoms with Crippen molar-refractivity contribution in [1.82, 2.24) is 0 Å². The van der Waals surface area contributed by atoms with E-state index in [0.717, 1.165) is 30.6 Å². The van der Waals surface area contributed by atoms with Gasteiger partial charge in [-0.1, -0.05) is 91.9 Å². The average Bonchev–Trinajstić information content (AvgIpc) is 2.47. The van der Waals surface area contributed by atoms with Gasteiger partial charge in [0.05, 0.1) is 0 Å². The third-order valence-electron chi connectivity index (χ3n) is 4.95. The Morgan fingerprint density at radius 1 is 0.667 bits per heavy atom. The lowest BCUT2D eigenvalue weighted by Gasteiger charge is -2.18. The summed E-state index contributed by atoms with van der Waals surface area (Å²) in [6.07, 6.45) is 17.4. The van der Waals surface area contributed by atoms with Crippen LogP contribution in [-0.4, -0.2) is 11.1 Å². The first kappa shape index (κ1) is 23.5. The van der Waals surface area contributed by atoms with E-state index in [2.05, 4.69) is 27.7 Å². The lowest BCUT2D eigenvalue weighted by molar-refractivity contribution is -0.137. The van der Waals surface area contributed by atoms with Gasteiger partial charge in [0.25, 0.3) is 0 Å². The predicted molar refractivity (Wildman–Crippen MR) is 105 cm³/mol. The molecule has 0 saturated heterocycles. The maximum atomic E-state index is 10.7. The summed E-state index contributed by atoms with van der Waals surface area (Å²) < 4.78 is 0. The van der Waals surface area contributed by atoms with Gasteiger partial charge in [-0.3, -0.25) is 4.79 Å². The van der Waals surface area contributed by atoms with E-state index in [-0.39, 0.29) is 0 Å². The Balaban J connectivity index is 3.56. The third-order valence-corrected chi connectivity index (χ3v) is 4.95. The Hall–Kier alpha value is -0.530. The van der Waals surface area contributed by atoms with Crippen molar-refractivity contribution in [1.29, 1.82) is 0 Å². The fourth-order valence-electron chi connectivity index (χ4n) is 3.63. The highest BCUT2D eigenvalue weighted by molar-refractivity contribution is 5.66. The van der Waals surface area contributed by atoms with E-state index in [1.165, 1.54) is 70.6 Å².